The van der Waals surface area contributed by atoms with E-state index in [4.69, 9.17) is 9.47 Å². The molecule has 9 heteroatoms. The Kier molecular flexibility index (Phi) is 9.45. The first-order valence-electron chi connectivity index (χ1n) is 13.2. The maximum atomic E-state index is 14.2. The number of anilines is 1. The first-order chi connectivity index (χ1) is 18.8. The van der Waals surface area contributed by atoms with Gasteiger partial charge in [-0.15, -0.1) is 0 Å². The van der Waals surface area contributed by atoms with Crippen LogP contribution in [0.5, 0.6) is 11.5 Å². The maximum absolute atomic E-state index is 14.2. The van der Waals surface area contributed by atoms with E-state index in [1.54, 1.807) is 37.3 Å². The van der Waals surface area contributed by atoms with Crippen LogP contribution in [0, 0.1) is 13.8 Å². The van der Waals surface area contributed by atoms with Crippen LogP contribution in [-0.4, -0.2) is 52.2 Å². The smallest absolute Gasteiger partial charge is 0.250 e. The van der Waals surface area contributed by atoms with Gasteiger partial charge in [0.2, 0.25) is 11.8 Å². The zero-order valence-corrected chi connectivity index (χ0v) is 23.8. The molecule has 1 N–H and O–H groups in total. The third-order valence-electron chi connectivity index (χ3n) is 7.05. The molecule has 8 nitrogen and oxygen atoms in total. The molecule has 0 spiro atoms. The quantitative estimate of drug-likeness (QED) is 0.261. The monoisotopic (exact) mass is 548 g/mol. The summed E-state index contributed by atoms with van der Waals surface area (Å²) in [5.41, 5.74) is 2.22. The number of hydrogen-bond acceptors (Lipinski definition) is 7. The lowest BCUT2D eigenvalue weighted by molar-refractivity contribution is -0.146. The number of aromatic nitrogens is 2. The summed E-state index contributed by atoms with van der Waals surface area (Å²) in [4.78, 5) is 38.9. The van der Waals surface area contributed by atoms with E-state index < -0.39 is 5.54 Å². The molecule has 2 amide bonds. The summed E-state index contributed by atoms with van der Waals surface area (Å²) >= 11 is 1.31. The highest BCUT2D eigenvalue weighted by molar-refractivity contribution is 7.99. The van der Waals surface area contributed by atoms with Crippen molar-refractivity contribution in [2.24, 2.45) is 0 Å². The Hall–Kier alpha value is -3.59. The molecule has 1 heterocycles. The van der Waals surface area contributed by atoms with E-state index in [9.17, 15) is 9.59 Å². The molecule has 3 aromatic rings. The average Bonchev–Trinajstić information content (AvgIpc) is 2.95. The van der Waals surface area contributed by atoms with Crippen LogP contribution in [0.4, 0.5) is 5.69 Å². The van der Waals surface area contributed by atoms with Gasteiger partial charge in [-0.2, -0.15) is 0 Å². The molecule has 0 bridgehead atoms. The van der Waals surface area contributed by atoms with E-state index in [1.165, 1.54) is 11.8 Å². The van der Waals surface area contributed by atoms with Crippen molar-refractivity contribution in [1.82, 2.24) is 14.9 Å². The van der Waals surface area contributed by atoms with E-state index in [2.05, 4.69) is 15.3 Å². The second-order valence-electron chi connectivity index (χ2n) is 9.80. The molecule has 4 rings (SSSR count). The topological polar surface area (TPSA) is 93.7 Å². The highest BCUT2D eigenvalue weighted by Crippen LogP contribution is 2.38. The maximum Gasteiger partial charge on any atom is 0.250 e. The normalized spacial score (nSPS) is 14.4. The van der Waals surface area contributed by atoms with Crippen molar-refractivity contribution in [3.63, 3.8) is 0 Å². The van der Waals surface area contributed by atoms with E-state index in [1.807, 2.05) is 50.2 Å². The first kappa shape index (κ1) is 28.4. The second kappa shape index (κ2) is 13.0. The Morgan fingerprint density at radius 1 is 0.949 bits per heavy atom. The molecule has 0 unspecified atom stereocenters. The molecule has 1 aliphatic rings. The number of amides is 2. The van der Waals surface area contributed by atoms with Gasteiger partial charge in [0.25, 0.3) is 0 Å². The van der Waals surface area contributed by atoms with Gasteiger partial charge in [0.15, 0.2) is 5.16 Å². The van der Waals surface area contributed by atoms with E-state index in [-0.39, 0.29) is 17.6 Å². The largest absolute Gasteiger partial charge is 0.497 e. The van der Waals surface area contributed by atoms with Crippen molar-refractivity contribution in [1.29, 1.82) is 0 Å². The highest BCUT2D eigenvalue weighted by Gasteiger charge is 2.47. The summed E-state index contributed by atoms with van der Waals surface area (Å²) in [5.74, 6) is 0.935. The van der Waals surface area contributed by atoms with E-state index in [0.717, 1.165) is 36.2 Å². The number of aryl methyl sites for hydroxylation is 2. The average molecular weight is 549 g/mol. The lowest BCUT2D eigenvalue weighted by Gasteiger charge is -2.45. The molecule has 0 saturated heterocycles. The van der Waals surface area contributed by atoms with Gasteiger partial charge in [-0.05, 0) is 50.5 Å². The number of methoxy groups -OCH3 is 2. The predicted octanol–water partition coefficient (Wildman–Crippen LogP) is 5.57. The predicted molar refractivity (Wildman–Crippen MR) is 153 cm³/mol. The van der Waals surface area contributed by atoms with Crippen LogP contribution in [0.15, 0.2) is 59.8 Å². The molecule has 1 saturated carbocycles. The Bertz CT molecular complexity index is 1280. The Balaban J connectivity index is 1.66. The minimum Gasteiger partial charge on any atom is -0.497 e. The van der Waals surface area contributed by atoms with Crippen LogP contribution >= 0.6 is 11.8 Å². The molecule has 1 aromatic heterocycles. The molecule has 1 aliphatic carbocycles. The van der Waals surface area contributed by atoms with Crippen LogP contribution in [0.1, 0.15) is 49.1 Å². The molecular weight excluding hydrogens is 512 g/mol. The first-order valence-corrected chi connectivity index (χ1v) is 14.2. The number of carbonyl (C=O) groups is 2. The van der Waals surface area contributed by atoms with Gasteiger partial charge in [0.1, 0.15) is 17.0 Å². The highest BCUT2D eigenvalue weighted by atomic mass is 32.2. The molecule has 2 aromatic carbocycles. The summed E-state index contributed by atoms with van der Waals surface area (Å²) in [6.07, 6.45) is 3.92. The van der Waals surface area contributed by atoms with E-state index >= 15 is 0 Å². The Morgan fingerprint density at radius 3 is 2.28 bits per heavy atom. The van der Waals surface area contributed by atoms with Gasteiger partial charge >= 0.3 is 0 Å². The summed E-state index contributed by atoms with van der Waals surface area (Å²) in [6, 6.07) is 17.0. The van der Waals surface area contributed by atoms with Crippen LogP contribution in [-0.2, 0) is 16.1 Å². The van der Waals surface area contributed by atoms with Crippen molar-refractivity contribution in [3.8, 4) is 11.5 Å². The minimum absolute atomic E-state index is 0.120. The number of hydrogen-bond donors (Lipinski definition) is 1. The van der Waals surface area contributed by atoms with Crippen molar-refractivity contribution >= 4 is 29.3 Å². The fraction of sp³-hybridized carbons (Fsp3) is 0.400. The van der Waals surface area contributed by atoms with E-state index in [0.29, 0.717) is 41.7 Å². The minimum atomic E-state index is -1.000. The number of ether oxygens (including phenoxy) is 2. The van der Waals surface area contributed by atoms with Gasteiger partial charge in [0, 0.05) is 24.0 Å². The van der Waals surface area contributed by atoms with Crippen molar-refractivity contribution in [3.05, 3.63) is 71.5 Å². The molecule has 0 radical (unpaired) electrons. The van der Waals surface area contributed by atoms with Crippen LogP contribution in [0.25, 0.3) is 0 Å². The molecule has 0 aliphatic heterocycles. The zero-order valence-electron chi connectivity index (χ0n) is 23.0. The fourth-order valence-electron chi connectivity index (χ4n) is 5.10. The van der Waals surface area contributed by atoms with Crippen molar-refractivity contribution in [2.75, 3.05) is 25.3 Å². The van der Waals surface area contributed by atoms with Crippen molar-refractivity contribution in [2.45, 2.75) is 63.2 Å². The Labute approximate surface area is 234 Å². The molecular formula is C30H36N4O4S. The number of benzene rings is 2. The van der Waals surface area contributed by atoms with Gasteiger partial charge in [-0.1, -0.05) is 61.4 Å². The number of carbonyl (C=O) groups excluding carboxylic acids is 2. The van der Waals surface area contributed by atoms with Crippen LogP contribution in [0.3, 0.4) is 0 Å². The van der Waals surface area contributed by atoms with Gasteiger partial charge < -0.3 is 19.7 Å². The SMILES string of the molecule is COc1ccc(NC(=O)C2(N(Cc3ccccc3)C(=O)CSc3nc(C)cc(C)n3)CCCCC2)c(OC)c1. The van der Waals surface area contributed by atoms with Crippen molar-refractivity contribution < 1.29 is 19.1 Å². The standard InChI is InChI=1S/C30H36N4O4S/c1-21-17-22(2)32-29(31-21)39-20-27(35)34(19-23-11-7-5-8-12-23)30(15-9-6-10-16-30)28(36)33-25-14-13-24(37-3)18-26(25)38-4/h5,7-8,11-14,17-18H,6,9-10,15-16,19-20H2,1-4H3,(H,33,36). The Morgan fingerprint density at radius 2 is 1.64 bits per heavy atom. The van der Waals surface area contributed by atoms with Gasteiger partial charge in [0.05, 0.1) is 25.7 Å². The molecule has 0 atom stereocenters. The third kappa shape index (κ3) is 6.89. The number of nitrogens with zero attached hydrogens (tertiary/aromatic N) is 3. The summed E-state index contributed by atoms with van der Waals surface area (Å²) in [6.45, 7) is 4.16. The second-order valence-corrected chi connectivity index (χ2v) is 10.7. The third-order valence-corrected chi connectivity index (χ3v) is 7.88. The summed E-state index contributed by atoms with van der Waals surface area (Å²) in [5, 5.41) is 3.65. The zero-order chi connectivity index (χ0) is 27.8. The number of thioether (sulfide) groups is 1. The van der Waals surface area contributed by atoms with Gasteiger partial charge in [-0.3, -0.25) is 9.59 Å². The fourth-order valence-corrected chi connectivity index (χ4v) is 5.93. The summed E-state index contributed by atoms with van der Waals surface area (Å²) < 4.78 is 10.8. The summed E-state index contributed by atoms with van der Waals surface area (Å²) in [7, 11) is 3.14. The lowest BCUT2D eigenvalue weighted by Crippen LogP contribution is -2.60. The van der Waals surface area contributed by atoms with Gasteiger partial charge in [-0.25, -0.2) is 9.97 Å². The number of nitrogens with one attached hydrogen (secondary N) is 1. The molecule has 206 valence electrons. The number of rotatable bonds is 10. The lowest BCUT2D eigenvalue weighted by atomic mass is 9.79. The molecule has 1 fully saturated rings. The molecule has 39 heavy (non-hydrogen) atoms. The van der Waals surface area contributed by atoms with Crippen LogP contribution < -0.4 is 14.8 Å². The van der Waals surface area contributed by atoms with Crippen LogP contribution in [0.2, 0.25) is 0 Å².